The van der Waals surface area contributed by atoms with E-state index in [1.165, 1.54) is 5.56 Å². The van der Waals surface area contributed by atoms with Crippen molar-refractivity contribution >= 4 is 14.1 Å². The van der Waals surface area contributed by atoms with E-state index in [4.69, 9.17) is 8.84 Å². The molecule has 3 aromatic rings. The third-order valence-electron chi connectivity index (χ3n) is 7.27. The van der Waals surface area contributed by atoms with E-state index < -0.39 is 8.32 Å². The summed E-state index contributed by atoms with van der Waals surface area (Å²) < 4.78 is 12.9. The standard InChI is InChI=1S/C30H42N2O3Si/c1-22(2)36(23(3)4,24(5)6)35-26(16-12-15-25-13-8-7-9-14-25)18-19-28(33)30-32-21-29(34-30)27-17-10-11-20-31-27/h7-11,13-14,17,20-24,26H,12,15-16,18-19H2,1-6H3. The number of carbonyl (C=O) groups excluding carboxylic acids is 1. The number of aromatic nitrogens is 2. The predicted molar refractivity (Wildman–Crippen MR) is 149 cm³/mol. The molecule has 2 heterocycles. The molecule has 0 bridgehead atoms. The second-order valence-electron chi connectivity index (χ2n) is 10.6. The number of pyridine rings is 1. The summed E-state index contributed by atoms with van der Waals surface area (Å²) in [6.45, 7) is 13.9. The van der Waals surface area contributed by atoms with Gasteiger partial charge in [-0.05, 0) is 60.0 Å². The third-order valence-corrected chi connectivity index (χ3v) is 13.4. The van der Waals surface area contributed by atoms with E-state index in [2.05, 4.69) is 81.8 Å². The molecule has 0 N–H and O–H groups in total. The summed E-state index contributed by atoms with van der Waals surface area (Å²) in [7, 11) is -2.07. The molecule has 0 aliphatic heterocycles. The zero-order valence-corrected chi connectivity index (χ0v) is 23.7. The summed E-state index contributed by atoms with van der Waals surface area (Å²) in [5.74, 6) is 0.582. The summed E-state index contributed by atoms with van der Waals surface area (Å²) in [6.07, 6.45) is 7.34. The van der Waals surface area contributed by atoms with E-state index in [0.29, 0.717) is 40.9 Å². The average molecular weight is 507 g/mol. The van der Waals surface area contributed by atoms with Gasteiger partial charge in [-0.1, -0.05) is 77.9 Å². The Balaban J connectivity index is 1.71. The van der Waals surface area contributed by atoms with Crippen LogP contribution in [0, 0.1) is 0 Å². The van der Waals surface area contributed by atoms with Crippen LogP contribution < -0.4 is 0 Å². The van der Waals surface area contributed by atoms with Crippen LogP contribution in [0.2, 0.25) is 16.6 Å². The highest BCUT2D eigenvalue weighted by Gasteiger charge is 2.46. The molecule has 0 fully saturated rings. The topological polar surface area (TPSA) is 65.2 Å². The maximum absolute atomic E-state index is 13.0. The number of Topliss-reactive ketones (excluding diaryl/α,β-unsaturated/α-hetero) is 1. The minimum Gasteiger partial charge on any atom is -0.432 e. The van der Waals surface area contributed by atoms with Crippen molar-refractivity contribution < 1.29 is 13.6 Å². The molecule has 0 saturated heterocycles. The van der Waals surface area contributed by atoms with E-state index in [1.807, 2.05) is 18.2 Å². The Morgan fingerprint density at radius 2 is 1.56 bits per heavy atom. The Labute approximate surface area is 217 Å². The molecule has 194 valence electrons. The second kappa shape index (κ2) is 13.1. The van der Waals surface area contributed by atoms with Gasteiger partial charge in [-0.2, -0.15) is 0 Å². The number of benzene rings is 1. The molecule has 1 atom stereocenters. The Kier molecular flexibility index (Phi) is 10.2. The van der Waals surface area contributed by atoms with Crippen LogP contribution >= 0.6 is 0 Å². The molecule has 0 saturated carbocycles. The normalized spacial score (nSPS) is 13.0. The molecule has 6 heteroatoms. The Morgan fingerprint density at radius 1 is 0.889 bits per heavy atom. The van der Waals surface area contributed by atoms with Crippen LogP contribution in [0.3, 0.4) is 0 Å². The summed E-state index contributed by atoms with van der Waals surface area (Å²) >= 11 is 0. The molecule has 3 rings (SSSR count). The van der Waals surface area contributed by atoms with Gasteiger partial charge in [0.2, 0.25) is 14.1 Å². The molecule has 0 amide bonds. The van der Waals surface area contributed by atoms with Crippen molar-refractivity contribution in [1.82, 2.24) is 9.97 Å². The Hall–Kier alpha value is -2.57. The maximum atomic E-state index is 13.0. The smallest absolute Gasteiger partial charge is 0.263 e. The van der Waals surface area contributed by atoms with Crippen LogP contribution in [0.15, 0.2) is 65.3 Å². The van der Waals surface area contributed by atoms with Gasteiger partial charge in [0.15, 0.2) is 5.76 Å². The van der Waals surface area contributed by atoms with Gasteiger partial charge < -0.3 is 8.84 Å². The van der Waals surface area contributed by atoms with Crippen LogP contribution in [-0.2, 0) is 10.8 Å². The lowest BCUT2D eigenvalue weighted by atomic mass is 10.0. The number of rotatable bonds is 14. The van der Waals surface area contributed by atoms with Gasteiger partial charge in [-0.15, -0.1) is 0 Å². The summed E-state index contributed by atoms with van der Waals surface area (Å²) in [4.78, 5) is 21.6. The molecule has 0 aliphatic carbocycles. The predicted octanol–water partition coefficient (Wildman–Crippen LogP) is 8.28. The van der Waals surface area contributed by atoms with Gasteiger partial charge in [0.05, 0.1) is 6.20 Å². The summed E-state index contributed by atoms with van der Waals surface area (Å²) in [6, 6.07) is 16.2. The first-order valence-corrected chi connectivity index (χ1v) is 15.5. The average Bonchev–Trinajstić information content (AvgIpc) is 3.36. The molecule has 5 nitrogen and oxygen atoms in total. The van der Waals surface area contributed by atoms with Crippen LogP contribution in [0.5, 0.6) is 0 Å². The van der Waals surface area contributed by atoms with Crippen LogP contribution in [0.1, 0.15) is 83.5 Å². The Bertz CT molecular complexity index is 1040. The molecular weight excluding hydrogens is 464 g/mol. The fourth-order valence-corrected chi connectivity index (χ4v) is 11.2. The van der Waals surface area contributed by atoms with Gasteiger partial charge in [-0.3, -0.25) is 9.78 Å². The van der Waals surface area contributed by atoms with E-state index >= 15 is 0 Å². The highest BCUT2D eigenvalue weighted by molar-refractivity contribution is 6.77. The minimum atomic E-state index is -2.07. The van der Waals surface area contributed by atoms with E-state index in [9.17, 15) is 4.79 Å². The molecule has 0 aliphatic rings. The van der Waals surface area contributed by atoms with Crippen molar-refractivity contribution in [2.24, 2.45) is 0 Å². The highest BCUT2D eigenvalue weighted by Crippen LogP contribution is 2.44. The molecule has 1 aromatic carbocycles. The number of oxazole rings is 1. The summed E-state index contributed by atoms with van der Waals surface area (Å²) in [5.41, 5.74) is 3.51. The van der Waals surface area contributed by atoms with Crippen molar-refractivity contribution in [1.29, 1.82) is 0 Å². The number of hydrogen-bond acceptors (Lipinski definition) is 5. The number of aryl methyl sites for hydroxylation is 1. The number of ketones is 1. The quantitative estimate of drug-likeness (QED) is 0.162. The fourth-order valence-electron chi connectivity index (χ4n) is 5.57. The number of hydrogen-bond donors (Lipinski definition) is 0. The fraction of sp³-hybridized carbons (Fsp3) is 0.500. The first-order chi connectivity index (χ1) is 17.2. The molecule has 1 unspecified atom stereocenters. The maximum Gasteiger partial charge on any atom is 0.263 e. The first-order valence-electron chi connectivity index (χ1n) is 13.4. The monoisotopic (exact) mass is 506 g/mol. The zero-order valence-electron chi connectivity index (χ0n) is 22.7. The van der Waals surface area contributed by atoms with Crippen molar-refractivity contribution in [3.63, 3.8) is 0 Å². The van der Waals surface area contributed by atoms with Crippen molar-refractivity contribution in [3.8, 4) is 11.5 Å². The van der Waals surface area contributed by atoms with Gasteiger partial charge in [0.25, 0.3) is 5.89 Å². The third kappa shape index (κ3) is 7.01. The molecule has 2 aromatic heterocycles. The molecular formula is C30H42N2O3Si. The van der Waals surface area contributed by atoms with E-state index in [-0.39, 0.29) is 17.8 Å². The van der Waals surface area contributed by atoms with Crippen LogP contribution in [0.25, 0.3) is 11.5 Å². The van der Waals surface area contributed by atoms with Crippen LogP contribution in [-0.4, -0.2) is 30.2 Å². The number of carbonyl (C=O) groups is 1. The van der Waals surface area contributed by atoms with Crippen molar-refractivity contribution in [2.75, 3.05) is 0 Å². The van der Waals surface area contributed by atoms with E-state index in [1.54, 1.807) is 12.4 Å². The minimum absolute atomic E-state index is 0.0433. The lowest BCUT2D eigenvalue weighted by molar-refractivity contribution is 0.0904. The van der Waals surface area contributed by atoms with Gasteiger partial charge >= 0.3 is 0 Å². The van der Waals surface area contributed by atoms with Crippen LogP contribution in [0.4, 0.5) is 0 Å². The first kappa shape index (κ1) is 28.0. The summed E-state index contributed by atoms with van der Waals surface area (Å²) in [5, 5.41) is 0. The van der Waals surface area contributed by atoms with Crippen molar-refractivity contribution in [3.05, 3.63) is 72.4 Å². The molecule has 0 radical (unpaired) electrons. The lowest BCUT2D eigenvalue weighted by Gasteiger charge is -2.44. The molecule has 0 spiro atoms. The highest BCUT2D eigenvalue weighted by atomic mass is 28.4. The Morgan fingerprint density at radius 3 is 2.17 bits per heavy atom. The largest absolute Gasteiger partial charge is 0.432 e. The van der Waals surface area contributed by atoms with Gasteiger partial charge in [0, 0.05) is 18.7 Å². The SMILES string of the molecule is CC(C)[Si](OC(CCCc1ccccc1)CCC(=O)c1ncc(-c2ccccn2)o1)(C(C)C)C(C)C. The second-order valence-corrected chi connectivity index (χ2v) is 16.0. The van der Waals surface area contributed by atoms with Gasteiger partial charge in [0.1, 0.15) is 5.69 Å². The molecule has 36 heavy (non-hydrogen) atoms. The van der Waals surface area contributed by atoms with Crippen molar-refractivity contribution in [2.45, 2.75) is 96.4 Å². The lowest BCUT2D eigenvalue weighted by Crippen LogP contribution is -2.50. The number of nitrogens with zero attached hydrogens (tertiary/aromatic N) is 2. The van der Waals surface area contributed by atoms with Gasteiger partial charge in [-0.25, -0.2) is 4.98 Å². The zero-order chi connectivity index (χ0) is 26.1. The van der Waals surface area contributed by atoms with E-state index in [0.717, 1.165) is 19.3 Å².